The molecule has 0 spiro atoms. The minimum absolute atomic E-state index is 0.808. The maximum Gasteiger partial charge on any atom is 0.142 e. The van der Waals surface area contributed by atoms with E-state index in [0.717, 1.165) is 24.7 Å². The second-order valence-electron chi connectivity index (χ2n) is 4.51. The summed E-state index contributed by atoms with van der Waals surface area (Å²) in [7, 11) is 0. The zero-order valence-electron chi connectivity index (χ0n) is 10.9. The summed E-state index contributed by atoms with van der Waals surface area (Å²) in [6.07, 6.45) is 8.61. The lowest BCUT2D eigenvalue weighted by Gasteiger charge is -2.04. The SMILES string of the molecule is CC(C)=CCCc1ccc(C=CC=O)c(C)c1. The Balaban J connectivity index is 2.71. The van der Waals surface area contributed by atoms with Gasteiger partial charge < -0.3 is 0 Å². The molecule has 0 heterocycles. The summed E-state index contributed by atoms with van der Waals surface area (Å²) in [6.45, 7) is 6.33. The molecule has 17 heavy (non-hydrogen) atoms. The van der Waals surface area contributed by atoms with Gasteiger partial charge in [-0.15, -0.1) is 0 Å². The first kappa shape index (κ1) is 13.4. The normalized spacial score (nSPS) is 10.5. The monoisotopic (exact) mass is 228 g/mol. The van der Waals surface area contributed by atoms with E-state index in [2.05, 4.69) is 45.0 Å². The van der Waals surface area contributed by atoms with Crippen LogP contribution in [0.4, 0.5) is 0 Å². The lowest BCUT2D eigenvalue weighted by atomic mass is 10.0. The molecule has 0 aliphatic rings. The molecule has 0 saturated carbocycles. The van der Waals surface area contributed by atoms with Crippen molar-refractivity contribution in [3.63, 3.8) is 0 Å². The Labute approximate surface area is 104 Å². The van der Waals surface area contributed by atoms with Gasteiger partial charge in [0.2, 0.25) is 0 Å². The van der Waals surface area contributed by atoms with Crippen LogP contribution in [0.15, 0.2) is 35.9 Å². The van der Waals surface area contributed by atoms with Crippen molar-refractivity contribution in [2.24, 2.45) is 0 Å². The largest absolute Gasteiger partial charge is 0.299 e. The highest BCUT2D eigenvalue weighted by molar-refractivity contribution is 5.74. The number of hydrogen-bond donors (Lipinski definition) is 0. The summed E-state index contributed by atoms with van der Waals surface area (Å²) in [4.78, 5) is 10.3. The highest BCUT2D eigenvalue weighted by atomic mass is 16.1. The number of aryl methyl sites for hydroxylation is 2. The molecular formula is C16H20O. The summed E-state index contributed by atoms with van der Waals surface area (Å²) in [5.41, 5.74) is 5.05. The third-order valence-corrected chi connectivity index (χ3v) is 2.67. The van der Waals surface area contributed by atoms with E-state index in [-0.39, 0.29) is 0 Å². The molecule has 1 aromatic carbocycles. The van der Waals surface area contributed by atoms with Gasteiger partial charge in [0.05, 0.1) is 0 Å². The Hall–Kier alpha value is -1.63. The minimum atomic E-state index is 0.808. The van der Waals surface area contributed by atoms with Crippen LogP contribution in [0.1, 0.15) is 37.0 Å². The average molecular weight is 228 g/mol. The zero-order chi connectivity index (χ0) is 12.7. The van der Waals surface area contributed by atoms with Gasteiger partial charge in [-0.1, -0.05) is 35.9 Å². The van der Waals surface area contributed by atoms with E-state index in [9.17, 15) is 4.79 Å². The fraction of sp³-hybridized carbons (Fsp3) is 0.312. The van der Waals surface area contributed by atoms with Crippen molar-refractivity contribution in [2.45, 2.75) is 33.6 Å². The van der Waals surface area contributed by atoms with Crippen LogP contribution in [0.2, 0.25) is 0 Å². The fourth-order valence-corrected chi connectivity index (χ4v) is 1.75. The number of aldehydes is 1. The zero-order valence-corrected chi connectivity index (χ0v) is 10.9. The van der Waals surface area contributed by atoms with Crippen molar-refractivity contribution in [3.8, 4) is 0 Å². The van der Waals surface area contributed by atoms with Gasteiger partial charge in [0.1, 0.15) is 6.29 Å². The topological polar surface area (TPSA) is 17.1 Å². The van der Waals surface area contributed by atoms with Crippen LogP contribution < -0.4 is 0 Å². The first-order valence-corrected chi connectivity index (χ1v) is 5.98. The van der Waals surface area contributed by atoms with Crippen LogP contribution in [0, 0.1) is 6.92 Å². The predicted molar refractivity (Wildman–Crippen MR) is 74.0 cm³/mol. The number of benzene rings is 1. The molecule has 0 aliphatic carbocycles. The fourth-order valence-electron chi connectivity index (χ4n) is 1.75. The van der Waals surface area contributed by atoms with Crippen molar-refractivity contribution < 1.29 is 4.79 Å². The van der Waals surface area contributed by atoms with E-state index in [4.69, 9.17) is 0 Å². The Morgan fingerprint density at radius 3 is 2.65 bits per heavy atom. The van der Waals surface area contributed by atoms with E-state index in [1.807, 2.05) is 6.08 Å². The van der Waals surface area contributed by atoms with E-state index < -0.39 is 0 Å². The molecule has 0 amide bonds. The molecule has 1 heteroatoms. The van der Waals surface area contributed by atoms with Crippen LogP contribution >= 0.6 is 0 Å². The van der Waals surface area contributed by atoms with E-state index in [0.29, 0.717) is 0 Å². The standard InChI is InChI=1S/C16H20O/c1-13(2)6-4-7-15-9-10-16(8-5-11-17)14(3)12-15/h5-6,8-12H,4,7H2,1-3H3. The third-order valence-electron chi connectivity index (χ3n) is 2.67. The number of carbonyl (C=O) groups is 1. The third kappa shape index (κ3) is 4.81. The second kappa shape index (κ2) is 6.85. The van der Waals surface area contributed by atoms with Gasteiger partial charge in [0.25, 0.3) is 0 Å². The summed E-state index contributed by atoms with van der Waals surface area (Å²) in [5, 5.41) is 0. The second-order valence-corrected chi connectivity index (χ2v) is 4.51. The Morgan fingerprint density at radius 1 is 1.29 bits per heavy atom. The lowest BCUT2D eigenvalue weighted by molar-refractivity contribution is -0.104. The summed E-state index contributed by atoms with van der Waals surface area (Å²) < 4.78 is 0. The first-order valence-electron chi connectivity index (χ1n) is 5.98. The van der Waals surface area contributed by atoms with E-state index >= 15 is 0 Å². The highest BCUT2D eigenvalue weighted by Gasteiger charge is 1.97. The predicted octanol–water partition coefficient (Wildman–Crippen LogP) is 4.11. The van der Waals surface area contributed by atoms with Gasteiger partial charge in [-0.25, -0.2) is 0 Å². The number of carbonyl (C=O) groups excluding carboxylic acids is 1. The average Bonchev–Trinajstić information content (AvgIpc) is 2.27. The molecule has 0 aliphatic heterocycles. The maximum atomic E-state index is 10.3. The van der Waals surface area contributed by atoms with Crippen LogP contribution in [0.3, 0.4) is 0 Å². The van der Waals surface area contributed by atoms with Gasteiger partial charge in [-0.3, -0.25) is 4.79 Å². The molecule has 0 saturated heterocycles. The van der Waals surface area contributed by atoms with Crippen molar-refractivity contribution in [1.82, 2.24) is 0 Å². The molecule has 0 unspecified atom stereocenters. The molecule has 0 atom stereocenters. The van der Waals surface area contributed by atoms with Crippen LogP contribution in [-0.2, 0) is 11.2 Å². The van der Waals surface area contributed by atoms with Crippen molar-refractivity contribution in [3.05, 3.63) is 52.6 Å². The summed E-state index contributed by atoms with van der Waals surface area (Å²) in [5.74, 6) is 0. The number of rotatable bonds is 5. The Bertz CT molecular complexity index is 435. The van der Waals surface area contributed by atoms with E-state index in [1.54, 1.807) is 0 Å². The van der Waals surface area contributed by atoms with Gasteiger partial charge in [-0.05, 0) is 56.4 Å². The smallest absolute Gasteiger partial charge is 0.142 e. The van der Waals surface area contributed by atoms with Crippen LogP contribution in [0.25, 0.3) is 6.08 Å². The summed E-state index contributed by atoms with van der Waals surface area (Å²) >= 11 is 0. The van der Waals surface area contributed by atoms with Crippen LogP contribution in [-0.4, -0.2) is 6.29 Å². The quantitative estimate of drug-likeness (QED) is 0.421. The first-order chi connectivity index (χ1) is 8.13. The number of hydrogen-bond acceptors (Lipinski definition) is 1. The van der Waals surface area contributed by atoms with Crippen molar-refractivity contribution in [1.29, 1.82) is 0 Å². The molecule has 90 valence electrons. The van der Waals surface area contributed by atoms with Gasteiger partial charge in [-0.2, -0.15) is 0 Å². The molecule has 1 rings (SSSR count). The Morgan fingerprint density at radius 2 is 2.06 bits per heavy atom. The van der Waals surface area contributed by atoms with Crippen molar-refractivity contribution in [2.75, 3.05) is 0 Å². The van der Waals surface area contributed by atoms with Gasteiger partial charge >= 0.3 is 0 Å². The van der Waals surface area contributed by atoms with Gasteiger partial charge in [0.15, 0.2) is 0 Å². The lowest BCUT2D eigenvalue weighted by Crippen LogP contribution is -1.88. The molecule has 1 nitrogen and oxygen atoms in total. The molecule has 0 N–H and O–H groups in total. The molecular weight excluding hydrogens is 208 g/mol. The van der Waals surface area contributed by atoms with Crippen LogP contribution in [0.5, 0.6) is 0 Å². The maximum absolute atomic E-state index is 10.3. The Kier molecular flexibility index (Phi) is 5.41. The van der Waals surface area contributed by atoms with E-state index in [1.165, 1.54) is 22.8 Å². The highest BCUT2D eigenvalue weighted by Crippen LogP contribution is 2.14. The number of allylic oxidation sites excluding steroid dienone is 3. The van der Waals surface area contributed by atoms with Crippen molar-refractivity contribution >= 4 is 12.4 Å². The minimum Gasteiger partial charge on any atom is -0.299 e. The summed E-state index contributed by atoms with van der Waals surface area (Å²) in [6, 6.07) is 6.41. The molecule has 0 bridgehead atoms. The molecule has 0 radical (unpaired) electrons. The molecule has 0 aromatic heterocycles. The molecule has 0 fully saturated rings. The molecule has 1 aromatic rings. The van der Waals surface area contributed by atoms with Gasteiger partial charge in [0, 0.05) is 0 Å².